The summed E-state index contributed by atoms with van der Waals surface area (Å²) in [6.45, 7) is 21.9. The molecule has 2 heteroatoms. The molecule has 42 heavy (non-hydrogen) atoms. The van der Waals surface area contributed by atoms with Crippen LogP contribution >= 0.6 is 0 Å². The predicted molar refractivity (Wildman–Crippen MR) is 185 cm³/mol. The van der Waals surface area contributed by atoms with E-state index in [4.69, 9.17) is 5.11 Å². The van der Waals surface area contributed by atoms with Crippen molar-refractivity contribution in [2.24, 2.45) is 10.8 Å². The van der Waals surface area contributed by atoms with E-state index in [2.05, 4.69) is 104 Å². The standard InChI is InChI=1S/2C20H28O/c2*1-16(8-6-9-17(2)13-15-21)11-12-19-18(3)10-7-14-20(19,4)5/h6,8-9,11-13,15H,7,10,14H2,1-5H3;6-13,21H,14-15H2,1-5H3/b2*9-6+,12-11+,16-8+,17-13+. The highest BCUT2D eigenvalue weighted by atomic mass is 16.2. The summed E-state index contributed by atoms with van der Waals surface area (Å²) in [7, 11) is 0. The number of carbonyl (C=O) groups excluding carboxylic acids is 1. The highest BCUT2D eigenvalue weighted by molar-refractivity contribution is 5.67. The largest absolute Gasteiger partial charge is 0.392 e. The van der Waals surface area contributed by atoms with Crippen molar-refractivity contribution in [3.8, 4) is 0 Å². The van der Waals surface area contributed by atoms with E-state index >= 15 is 0 Å². The van der Waals surface area contributed by atoms with Gasteiger partial charge in [0.15, 0.2) is 0 Å². The van der Waals surface area contributed by atoms with Crippen LogP contribution in [0.25, 0.3) is 0 Å². The summed E-state index contributed by atoms with van der Waals surface area (Å²) >= 11 is 0. The van der Waals surface area contributed by atoms with Gasteiger partial charge in [-0.3, -0.25) is 4.79 Å². The van der Waals surface area contributed by atoms with Gasteiger partial charge in [-0.25, -0.2) is 0 Å². The van der Waals surface area contributed by atoms with E-state index in [0.29, 0.717) is 0 Å². The van der Waals surface area contributed by atoms with Gasteiger partial charge in [-0.05, 0) is 106 Å². The van der Waals surface area contributed by atoms with E-state index in [9.17, 15) is 4.79 Å². The molecular weight excluding hydrogens is 512 g/mol. The number of carbonyl (C=O) groups is 1. The maximum Gasteiger partial charge on any atom is 0.143 e. The first-order valence-electron chi connectivity index (χ1n) is 15.3. The van der Waals surface area contributed by atoms with Crippen LogP contribution in [0.15, 0.2) is 130 Å². The fourth-order valence-electron chi connectivity index (χ4n) is 5.25. The molecule has 0 heterocycles. The van der Waals surface area contributed by atoms with Gasteiger partial charge in [-0.1, -0.05) is 129 Å². The van der Waals surface area contributed by atoms with Crippen molar-refractivity contribution in [3.63, 3.8) is 0 Å². The molecule has 0 amide bonds. The molecule has 2 aliphatic carbocycles. The van der Waals surface area contributed by atoms with Gasteiger partial charge in [-0.2, -0.15) is 0 Å². The van der Waals surface area contributed by atoms with Gasteiger partial charge < -0.3 is 5.11 Å². The lowest BCUT2D eigenvalue weighted by molar-refractivity contribution is -0.104. The Balaban J connectivity index is 0.000000420. The third-order valence-corrected chi connectivity index (χ3v) is 7.90. The van der Waals surface area contributed by atoms with Gasteiger partial charge in [0.05, 0.1) is 6.61 Å². The molecule has 0 aromatic rings. The number of hydrogen-bond acceptors (Lipinski definition) is 2. The topological polar surface area (TPSA) is 37.3 Å². The average Bonchev–Trinajstić information content (AvgIpc) is 2.88. The van der Waals surface area contributed by atoms with Crippen LogP contribution in [0.3, 0.4) is 0 Å². The quantitative estimate of drug-likeness (QED) is 0.162. The number of hydrogen-bond donors (Lipinski definition) is 1. The molecule has 0 unspecified atom stereocenters. The fourth-order valence-corrected chi connectivity index (χ4v) is 5.25. The van der Waals surface area contributed by atoms with E-state index in [0.717, 1.165) is 23.9 Å². The molecular formula is C40H56O2. The Kier molecular flexibility index (Phi) is 16.1. The lowest BCUT2D eigenvalue weighted by Gasteiger charge is -2.32. The lowest BCUT2D eigenvalue weighted by Crippen LogP contribution is -2.19. The first-order chi connectivity index (χ1) is 19.7. The van der Waals surface area contributed by atoms with Crippen molar-refractivity contribution >= 4 is 6.29 Å². The molecule has 0 saturated carbocycles. The molecule has 0 fully saturated rings. The minimum Gasteiger partial charge on any atom is -0.392 e. The Labute approximate surface area is 257 Å². The minimum absolute atomic E-state index is 0.0921. The first kappa shape index (κ1) is 36.8. The van der Waals surface area contributed by atoms with Crippen molar-refractivity contribution in [2.75, 3.05) is 6.61 Å². The Morgan fingerprint density at radius 1 is 0.786 bits per heavy atom. The van der Waals surface area contributed by atoms with Crippen molar-refractivity contribution in [1.29, 1.82) is 0 Å². The van der Waals surface area contributed by atoms with Crippen LogP contribution in [0, 0.1) is 10.8 Å². The smallest absolute Gasteiger partial charge is 0.143 e. The van der Waals surface area contributed by atoms with Crippen molar-refractivity contribution < 1.29 is 9.90 Å². The summed E-state index contributed by atoms with van der Waals surface area (Å²) < 4.78 is 0. The van der Waals surface area contributed by atoms with Crippen LogP contribution in [0.4, 0.5) is 0 Å². The fraction of sp³-hybridized carbons (Fsp3) is 0.425. The summed E-state index contributed by atoms with van der Waals surface area (Å²) in [4.78, 5) is 10.3. The molecule has 2 nitrogen and oxygen atoms in total. The van der Waals surface area contributed by atoms with Gasteiger partial charge in [0, 0.05) is 0 Å². The zero-order valence-corrected chi connectivity index (χ0v) is 28.1. The van der Waals surface area contributed by atoms with Crippen LogP contribution in [-0.2, 0) is 4.79 Å². The highest BCUT2D eigenvalue weighted by Gasteiger charge is 2.26. The van der Waals surface area contributed by atoms with Gasteiger partial charge in [0.1, 0.15) is 6.29 Å². The number of aldehydes is 1. The molecule has 2 aliphatic rings. The summed E-state index contributed by atoms with van der Waals surface area (Å²) in [5.41, 5.74) is 10.8. The number of rotatable bonds is 10. The molecule has 1 N–H and O–H groups in total. The number of aliphatic hydroxyl groups excluding tert-OH is 1. The predicted octanol–water partition coefficient (Wildman–Crippen LogP) is 11.0. The second-order valence-corrected chi connectivity index (χ2v) is 12.9. The summed E-state index contributed by atoms with van der Waals surface area (Å²) in [6.07, 6.45) is 34.5. The van der Waals surface area contributed by atoms with Gasteiger partial charge in [-0.15, -0.1) is 0 Å². The third kappa shape index (κ3) is 13.6. The Morgan fingerprint density at radius 3 is 1.86 bits per heavy atom. The van der Waals surface area contributed by atoms with Crippen LogP contribution < -0.4 is 0 Å². The van der Waals surface area contributed by atoms with Crippen LogP contribution in [-0.4, -0.2) is 18.0 Å². The number of allylic oxidation sites excluding steroid dienone is 21. The van der Waals surface area contributed by atoms with Crippen LogP contribution in [0.2, 0.25) is 0 Å². The van der Waals surface area contributed by atoms with Crippen molar-refractivity contribution in [3.05, 3.63) is 130 Å². The highest BCUT2D eigenvalue weighted by Crippen LogP contribution is 2.41. The molecule has 0 aliphatic heterocycles. The average molecular weight is 569 g/mol. The summed E-state index contributed by atoms with van der Waals surface area (Å²) in [5.74, 6) is 0. The summed E-state index contributed by atoms with van der Waals surface area (Å²) in [6, 6.07) is 0. The molecule has 2 rings (SSSR count). The van der Waals surface area contributed by atoms with Gasteiger partial charge in [0.2, 0.25) is 0 Å². The monoisotopic (exact) mass is 568 g/mol. The maximum atomic E-state index is 10.3. The van der Waals surface area contributed by atoms with Crippen molar-refractivity contribution in [1.82, 2.24) is 0 Å². The first-order valence-corrected chi connectivity index (χ1v) is 15.3. The van der Waals surface area contributed by atoms with E-state index in [1.807, 2.05) is 38.2 Å². The maximum absolute atomic E-state index is 10.3. The van der Waals surface area contributed by atoms with Gasteiger partial charge in [0.25, 0.3) is 0 Å². The van der Waals surface area contributed by atoms with E-state index in [1.54, 1.807) is 12.2 Å². The van der Waals surface area contributed by atoms with Gasteiger partial charge >= 0.3 is 0 Å². The third-order valence-electron chi connectivity index (χ3n) is 7.90. The molecule has 0 atom stereocenters. The zero-order chi connectivity index (χ0) is 31.8. The molecule has 0 bridgehead atoms. The molecule has 228 valence electrons. The lowest BCUT2D eigenvalue weighted by atomic mass is 9.72. The zero-order valence-electron chi connectivity index (χ0n) is 28.1. The molecule has 0 aromatic carbocycles. The summed E-state index contributed by atoms with van der Waals surface area (Å²) in [5, 5.41) is 8.80. The Hall–Kier alpha value is -3.23. The molecule has 0 saturated heterocycles. The van der Waals surface area contributed by atoms with Crippen LogP contribution in [0.1, 0.15) is 94.9 Å². The van der Waals surface area contributed by atoms with Crippen molar-refractivity contribution in [2.45, 2.75) is 94.9 Å². The number of aliphatic hydroxyl groups is 1. The minimum atomic E-state index is 0.0921. The normalized spacial score (nSPS) is 20.4. The van der Waals surface area contributed by atoms with Crippen LogP contribution in [0.5, 0.6) is 0 Å². The molecule has 0 spiro atoms. The Morgan fingerprint density at radius 2 is 1.33 bits per heavy atom. The molecule has 0 radical (unpaired) electrons. The van der Waals surface area contributed by atoms with E-state index < -0.39 is 0 Å². The van der Waals surface area contributed by atoms with E-state index in [1.165, 1.54) is 52.7 Å². The second kappa shape index (κ2) is 18.3. The Bertz CT molecular complexity index is 1250. The SMILES string of the molecule is CC1=C(/C=C/C(C)=C/C=C/C(C)=C/C=O)C(C)(C)CCC1.CC1=C(/C=C/C(C)=C/C=C/C(C)=C/CO)C(C)(C)CC=C1. The molecule has 0 aromatic heterocycles. The second-order valence-electron chi connectivity index (χ2n) is 12.9. The van der Waals surface area contributed by atoms with E-state index in [-0.39, 0.29) is 17.4 Å².